The number of methoxy groups -OCH3 is 1. The number of ether oxygens (including phenoxy) is 1. The average Bonchev–Trinajstić information content (AvgIpc) is 2.64. The summed E-state index contributed by atoms with van der Waals surface area (Å²) in [5.74, 6) is -0.531. The van der Waals surface area contributed by atoms with E-state index < -0.39 is 0 Å². The summed E-state index contributed by atoms with van der Waals surface area (Å²) in [6.45, 7) is 2.80. The van der Waals surface area contributed by atoms with Crippen LogP contribution in [0.25, 0.3) is 0 Å². The Balaban J connectivity index is 1.97. The van der Waals surface area contributed by atoms with Gasteiger partial charge in [-0.25, -0.2) is 0 Å². The fourth-order valence-electron chi connectivity index (χ4n) is 2.18. The lowest BCUT2D eigenvalue weighted by atomic mass is 10.1. The third-order valence-electron chi connectivity index (χ3n) is 3.64. The van der Waals surface area contributed by atoms with E-state index in [1.807, 2.05) is 13.0 Å². The Morgan fingerprint density at radius 3 is 2.56 bits per heavy atom. The topological polar surface area (TPSA) is 79.5 Å². The summed E-state index contributed by atoms with van der Waals surface area (Å²) in [7, 11) is 1.57. The van der Waals surface area contributed by atoms with Gasteiger partial charge < -0.3 is 15.4 Å². The summed E-state index contributed by atoms with van der Waals surface area (Å²) in [6.07, 6.45) is 0. The van der Waals surface area contributed by atoms with E-state index in [1.54, 1.807) is 43.5 Å². The van der Waals surface area contributed by atoms with Gasteiger partial charge in [-0.3, -0.25) is 14.9 Å². The number of anilines is 1. The quantitative estimate of drug-likeness (QED) is 0.465. The minimum atomic E-state index is -0.318. The first-order chi connectivity index (χ1) is 12.9. The fraction of sp³-hybridized carbons (Fsp3) is 0.211. The Bertz CT molecular complexity index is 858. The molecule has 0 atom stereocenters. The van der Waals surface area contributed by atoms with Crippen LogP contribution in [0.5, 0.6) is 0 Å². The highest BCUT2D eigenvalue weighted by molar-refractivity contribution is 9.10. The van der Waals surface area contributed by atoms with Gasteiger partial charge in [0.25, 0.3) is 11.8 Å². The van der Waals surface area contributed by atoms with Crippen LogP contribution >= 0.6 is 28.1 Å². The molecule has 0 spiro atoms. The van der Waals surface area contributed by atoms with Crippen molar-refractivity contribution in [2.75, 3.05) is 25.6 Å². The third kappa shape index (κ3) is 6.42. The highest BCUT2D eigenvalue weighted by Gasteiger charge is 2.10. The molecule has 2 aromatic rings. The van der Waals surface area contributed by atoms with Crippen LogP contribution < -0.4 is 16.0 Å². The number of benzene rings is 2. The molecule has 6 nitrogen and oxygen atoms in total. The van der Waals surface area contributed by atoms with Crippen molar-refractivity contribution in [2.45, 2.75) is 6.92 Å². The zero-order chi connectivity index (χ0) is 19.8. The van der Waals surface area contributed by atoms with Gasteiger partial charge in [-0.15, -0.1) is 0 Å². The molecule has 0 aliphatic rings. The maximum Gasteiger partial charge on any atom is 0.257 e. The van der Waals surface area contributed by atoms with Crippen molar-refractivity contribution in [3.05, 3.63) is 63.6 Å². The number of carbonyl (C=O) groups is 2. The lowest BCUT2D eigenvalue weighted by Crippen LogP contribution is -2.34. The van der Waals surface area contributed by atoms with Crippen molar-refractivity contribution in [1.29, 1.82) is 0 Å². The van der Waals surface area contributed by atoms with Gasteiger partial charge in [0.15, 0.2) is 5.11 Å². The van der Waals surface area contributed by atoms with Gasteiger partial charge in [0.2, 0.25) is 0 Å². The molecule has 0 aromatic heterocycles. The molecule has 2 amide bonds. The molecule has 0 saturated heterocycles. The molecule has 27 heavy (non-hydrogen) atoms. The lowest BCUT2D eigenvalue weighted by molar-refractivity contribution is 0.0935. The predicted molar refractivity (Wildman–Crippen MR) is 113 cm³/mol. The van der Waals surface area contributed by atoms with Crippen LogP contribution in [0, 0.1) is 6.92 Å². The van der Waals surface area contributed by atoms with E-state index in [-0.39, 0.29) is 16.9 Å². The monoisotopic (exact) mass is 449 g/mol. The summed E-state index contributed by atoms with van der Waals surface area (Å²) >= 11 is 8.60. The van der Waals surface area contributed by atoms with Gasteiger partial charge in [0, 0.05) is 34.9 Å². The van der Waals surface area contributed by atoms with Gasteiger partial charge in [0.1, 0.15) is 0 Å². The Morgan fingerprint density at radius 1 is 1.11 bits per heavy atom. The SMILES string of the molecule is COCCNC(=O)c1cccc(NC(=S)NC(=O)c2ccc(C)c(Br)c2)c1. The number of nitrogens with one attached hydrogen (secondary N) is 3. The molecule has 0 fully saturated rings. The van der Waals surface area contributed by atoms with Crippen LogP contribution in [0.4, 0.5) is 5.69 Å². The average molecular weight is 450 g/mol. The summed E-state index contributed by atoms with van der Waals surface area (Å²) in [4.78, 5) is 24.4. The van der Waals surface area contributed by atoms with Crippen molar-refractivity contribution in [3.63, 3.8) is 0 Å². The molecule has 0 saturated carbocycles. The molecule has 0 unspecified atom stereocenters. The van der Waals surface area contributed by atoms with Gasteiger partial charge in [-0.05, 0) is 55.0 Å². The van der Waals surface area contributed by atoms with Crippen LogP contribution in [0.1, 0.15) is 26.3 Å². The molecule has 3 N–H and O–H groups in total. The van der Waals surface area contributed by atoms with Gasteiger partial charge >= 0.3 is 0 Å². The molecule has 8 heteroatoms. The first-order valence-corrected chi connectivity index (χ1v) is 9.36. The fourth-order valence-corrected chi connectivity index (χ4v) is 2.77. The van der Waals surface area contributed by atoms with Crippen LogP contribution in [0.3, 0.4) is 0 Å². The Morgan fingerprint density at radius 2 is 1.85 bits per heavy atom. The molecule has 0 radical (unpaired) electrons. The van der Waals surface area contributed by atoms with E-state index in [4.69, 9.17) is 17.0 Å². The maximum absolute atomic E-state index is 12.3. The number of aryl methyl sites for hydroxylation is 1. The van der Waals surface area contributed by atoms with Crippen molar-refractivity contribution < 1.29 is 14.3 Å². The van der Waals surface area contributed by atoms with E-state index in [0.29, 0.717) is 30.0 Å². The zero-order valence-electron chi connectivity index (χ0n) is 15.0. The smallest absolute Gasteiger partial charge is 0.257 e. The second kappa shape index (κ2) is 10.1. The molecule has 0 aliphatic heterocycles. The highest BCUT2D eigenvalue weighted by Crippen LogP contribution is 2.17. The largest absolute Gasteiger partial charge is 0.383 e. The summed E-state index contributed by atoms with van der Waals surface area (Å²) < 4.78 is 5.75. The predicted octanol–water partition coefficient (Wildman–Crippen LogP) is 3.26. The van der Waals surface area contributed by atoms with Crippen LogP contribution in [0.15, 0.2) is 46.9 Å². The first-order valence-electron chi connectivity index (χ1n) is 8.16. The summed E-state index contributed by atoms with van der Waals surface area (Å²) in [6, 6.07) is 12.1. The van der Waals surface area contributed by atoms with E-state index in [0.717, 1.165) is 10.0 Å². The Labute approximate surface area is 171 Å². The highest BCUT2D eigenvalue weighted by atomic mass is 79.9. The molecule has 142 valence electrons. The molecule has 0 bridgehead atoms. The van der Waals surface area contributed by atoms with E-state index >= 15 is 0 Å². The molecule has 0 heterocycles. The number of thiocarbonyl (C=S) groups is 1. The minimum absolute atomic E-state index is 0.147. The summed E-state index contributed by atoms with van der Waals surface area (Å²) in [5.41, 5.74) is 2.60. The lowest BCUT2D eigenvalue weighted by Gasteiger charge is -2.11. The number of hydrogen-bond acceptors (Lipinski definition) is 4. The Hall–Kier alpha value is -2.29. The van der Waals surface area contributed by atoms with Crippen LogP contribution in [-0.4, -0.2) is 37.2 Å². The second-order valence-corrected chi connectivity index (χ2v) is 6.96. The first kappa shape index (κ1) is 21.0. The van der Waals surface area contributed by atoms with E-state index in [9.17, 15) is 9.59 Å². The van der Waals surface area contributed by atoms with Crippen LogP contribution in [0.2, 0.25) is 0 Å². The second-order valence-electron chi connectivity index (χ2n) is 5.70. The van der Waals surface area contributed by atoms with E-state index in [1.165, 1.54) is 0 Å². The maximum atomic E-state index is 12.3. The molecule has 0 aliphatic carbocycles. The van der Waals surface area contributed by atoms with Gasteiger partial charge in [-0.2, -0.15) is 0 Å². The molecular formula is C19H20BrN3O3S. The number of carbonyl (C=O) groups excluding carboxylic acids is 2. The third-order valence-corrected chi connectivity index (χ3v) is 4.69. The normalized spacial score (nSPS) is 10.2. The standard InChI is InChI=1S/C19H20BrN3O3S/c1-12-6-7-14(11-16(12)20)18(25)23-19(27)22-15-5-3-4-13(10-15)17(24)21-8-9-26-2/h3-7,10-11H,8-9H2,1-2H3,(H,21,24)(H2,22,23,25,27). The number of rotatable bonds is 6. The minimum Gasteiger partial charge on any atom is -0.383 e. The van der Waals surface area contributed by atoms with Crippen molar-refractivity contribution >= 4 is 50.8 Å². The molecular weight excluding hydrogens is 430 g/mol. The number of hydrogen-bond donors (Lipinski definition) is 3. The number of amides is 2. The van der Waals surface area contributed by atoms with Crippen molar-refractivity contribution in [3.8, 4) is 0 Å². The zero-order valence-corrected chi connectivity index (χ0v) is 17.4. The van der Waals surface area contributed by atoms with Crippen molar-refractivity contribution in [2.24, 2.45) is 0 Å². The molecule has 2 rings (SSSR count). The molecule has 2 aromatic carbocycles. The van der Waals surface area contributed by atoms with Gasteiger partial charge in [0.05, 0.1) is 6.61 Å². The van der Waals surface area contributed by atoms with Crippen molar-refractivity contribution in [1.82, 2.24) is 10.6 Å². The number of halogens is 1. The van der Waals surface area contributed by atoms with E-state index in [2.05, 4.69) is 31.9 Å². The summed E-state index contributed by atoms with van der Waals surface area (Å²) in [5, 5.41) is 8.43. The Kier molecular flexibility index (Phi) is 7.90. The van der Waals surface area contributed by atoms with Crippen LogP contribution in [-0.2, 0) is 4.74 Å². The van der Waals surface area contributed by atoms with Gasteiger partial charge in [-0.1, -0.05) is 28.1 Å².